The molecule has 10 rings (SSSR count). The molecular formula is C49H54ClFN8O7S. The molecule has 0 radical (unpaired) electrons. The third-order valence-electron chi connectivity index (χ3n) is 14.2. The number of allylic oxidation sites excluding steroid dienone is 1. The molecule has 2 aliphatic carbocycles. The highest BCUT2D eigenvalue weighted by Crippen LogP contribution is 2.55. The van der Waals surface area contributed by atoms with E-state index in [1.165, 1.54) is 28.8 Å². The molecule has 3 aliphatic heterocycles. The lowest BCUT2D eigenvalue weighted by molar-refractivity contribution is -0.384. The van der Waals surface area contributed by atoms with Crippen LogP contribution in [0.2, 0.25) is 5.02 Å². The van der Waals surface area contributed by atoms with Gasteiger partial charge in [-0.1, -0.05) is 43.2 Å². The number of nitrogens with one attached hydrogen (secondary N) is 3. The van der Waals surface area contributed by atoms with Gasteiger partial charge in [0.05, 0.1) is 26.6 Å². The van der Waals surface area contributed by atoms with E-state index in [-0.39, 0.29) is 49.3 Å². The first-order chi connectivity index (χ1) is 32.1. The Kier molecular flexibility index (Phi) is 11.7. The van der Waals surface area contributed by atoms with Crippen LogP contribution < -0.4 is 24.6 Å². The third kappa shape index (κ3) is 9.18. The number of nitro groups is 1. The number of hydrogen-bond donors (Lipinski definition) is 3. The number of fused-ring (bicyclic) bond motifs is 2. The number of hydrogen-bond acceptors (Lipinski definition) is 12. The number of nitrogens with zero attached hydrogens (tertiary/aromatic N) is 5. The molecule has 3 fully saturated rings. The van der Waals surface area contributed by atoms with Crippen LogP contribution in [0.15, 0.2) is 89.5 Å². The number of benzene rings is 3. The number of anilines is 4. The molecule has 1 spiro atoms. The summed E-state index contributed by atoms with van der Waals surface area (Å²) in [6.45, 7) is 9.22. The van der Waals surface area contributed by atoms with Gasteiger partial charge in [0.1, 0.15) is 29.3 Å². The fraction of sp³-hybridized carbons (Fsp3) is 0.429. The minimum absolute atomic E-state index is 0.0406. The maximum absolute atomic E-state index is 15.4. The zero-order valence-electron chi connectivity index (χ0n) is 37.6. The van der Waals surface area contributed by atoms with Crippen molar-refractivity contribution in [2.75, 3.05) is 74.2 Å². The molecule has 2 aromatic heterocycles. The van der Waals surface area contributed by atoms with Gasteiger partial charge in [-0.2, -0.15) is 4.98 Å². The number of H-pyrrole nitrogens is 1. The van der Waals surface area contributed by atoms with Crippen molar-refractivity contribution in [3.8, 4) is 5.88 Å². The molecule has 0 bridgehead atoms. The first-order valence-electron chi connectivity index (χ1n) is 22.9. The molecule has 67 heavy (non-hydrogen) atoms. The van der Waals surface area contributed by atoms with Crippen molar-refractivity contribution in [3.63, 3.8) is 0 Å². The second-order valence-electron chi connectivity index (χ2n) is 19.5. The van der Waals surface area contributed by atoms with Gasteiger partial charge in [-0.05, 0) is 103 Å². The number of aromatic amines is 1. The molecule has 15 nitrogen and oxygen atoms in total. The lowest BCUT2D eigenvalue weighted by atomic mass is 9.72. The van der Waals surface area contributed by atoms with Gasteiger partial charge in [-0.25, -0.2) is 17.5 Å². The van der Waals surface area contributed by atoms with E-state index < -0.39 is 42.6 Å². The number of pyridine rings is 1. The van der Waals surface area contributed by atoms with Crippen LogP contribution >= 0.6 is 11.6 Å². The topological polar surface area (TPSA) is 175 Å². The lowest BCUT2D eigenvalue weighted by Gasteiger charge is -2.41. The van der Waals surface area contributed by atoms with Crippen LogP contribution in [-0.2, 0) is 14.8 Å². The molecule has 1 amide bonds. The number of carbonyl (C=O) groups is 1. The van der Waals surface area contributed by atoms with Crippen LogP contribution in [0.1, 0.15) is 74.7 Å². The van der Waals surface area contributed by atoms with E-state index >= 15 is 4.39 Å². The number of aromatic nitrogens is 2. The number of nitro benzene ring substituents is 1. The largest absolute Gasteiger partial charge is 0.474 e. The minimum Gasteiger partial charge on any atom is -0.474 e. The highest BCUT2D eigenvalue weighted by atomic mass is 35.5. The monoisotopic (exact) mass is 952 g/mol. The molecule has 5 aliphatic rings. The fourth-order valence-corrected chi connectivity index (χ4v) is 11.1. The first-order valence-corrected chi connectivity index (χ1v) is 24.8. The Labute approximate surface area is 393 Å². The van der Waals surface area contributed by atoms with Gasteiger partial charge in [0.15, 0.2) is 0 Å². The molecule has 18 heteroatoms. The van der Waals surface area contributed by atoms with Gasteiger partial charge in [-0.15, -0.1) is 0 Å². The van der Waals surface area contributed by atoms with Crippen molar-refractivity contribution in [2.45, 2.75) is 74.9 Å². The van der Waals surface area contributed by atoms with Crippen molar-refractivity contribution in [3.05, 3.63) is 111 Å². The molecule has 3 aromatic carbocycles. The summed E-state index contributed by atoms with van der Waals surface area (Å²) < 4.78 is 57.1. The van der Waals surface area contributed by atoms with Crippen LogP contribution in [0.25, 0.3) is 16.6 Å². The second-order valence-corrected chi connectivity index (χ2v) is 21.6. The molecular weight excluding hydrogens is 899 g/mol. The van der Waals surface area contributed by atoms with Gasteiger partial charge in [0.2, 0.25) is 5.88 Å². The fourth-order valence-electron chi connectivity index (χ4n) is 10.0. The molecule has 2 saturated heterocycles. The predicted octanol–water partition coefficient (Wildman–Crippen LogP) is 9.02. The van der Waals surface area contributed by atoms with Gasteiger partial charge < -0.3 is 29.6 Å². The lowest BCUT2D eigenvalue weighted by Crippen LogP contribution is -2.47. The molecule has 5 heterocycles. The zero-order valence-corrected chi connectivity index (χ0v) is 39.1. The van der Waals surface area contributed by atoms with E-state index in [4.69, 9.17) is 26.1 Å². The molecule has 352 valence electrons. The standard InChI is InChI=1S/C49H54ClFN8O7S/c1-47(2)13-11-34(39(28-47)32-3-5-35(50)6-4-32)29-56-19-21-57(22-20-56)36-7-9-38(41(26-36)58-43-25-33-12-18-52-44(33)54-46(43)66-31-49(58)14-15-49)45(60)55-67(63,64)37-8-10-40(42(27-37)59(61)62)53-30-48(51)16-23-65-24-17-48/h3-10,12,18,25-27,53H,11,13-17,19-24,28-31H2,1-2H3,(H,52,54)(H,55,60). The summed E-state index contributed by atoms with van der Waals surface area (Å²) in [6, 6.07) is 20.8. The Balaban J connectivity index is 0.939. The Bertz CT molecular complexity index is 2890. The summed E-state index contributed by atoms with van der Waals surface area (Å²) >= 11 is 6.28. The SMILES string of the molecule is CC1(C)CCC(CN2CCN(c3ccc(C(=O)NS(=O)(=O)c4ccc(NCC5(F)CCOCC5)c([N+](=O)[O-])c4)c(N4c5cc6cc[nH]c6nc5OCC45CC5)c3)CC2)=C(c2ccc(Cl)cc2)C1. The highest BCUT2D eigenvalue weighted by Gasteiger charge is 2.54. The summed E-state index contributed by atoms with van der Waals surface area (Å²) in [4.78, 5) is 40.3. The van der Waals surface area contributed by atoms with Crippen molar-refractivity contribution >= 4 is 72.6 Å². The first kappa shape index (κ1) is 45.1. The number of alkyl halides is 1. The van der Waals surface area contributed by atoms with E-state index in [1.807, 2.05) is 36.4 Å². The van der Waals surface area contributed by atoms with E-state index in [2.05, 4.69) is 55.7 Å². The van der Waals surface area contributed by atoms with Crippen molar-refractivity contribution < 1.29 is 32.0 Å². The molecule has 3 N–H and O–H groups in total. The van der Waals surface area contributed by atoms with Gasteiger partial charge in [0, 0.05) is 93.7 Å². The van der Waals surface area contributed by atoms with Crippen molar-refractivity contribution in [1.29, 1.82) is 0 Å². The maximum atomic E-state index is 15.4. The zero-order chi connectivity index (χ0) is 46.7. The van der Waals surface area contributed by atoms with Crippen LogP contribution in [0.5, 0.6) is 5.88 Å². The van der Waals surface area contributed by atoms with Gasteiger partial charge >= 0.3 is 0 Å². The van der Waals surface area contributed by atoms with Crippen LogP contribution in [0.3, 0.4) is 0 Å². The van der Waals surface area contributed by atoms with E-state index in [0.717, 1.165) is 87.0 Å². The van der Waals surface area contributed by atoms with Crippen molar-refractivity contribution in [1.82, 2.24) is 19.6 Å². The number of piperazine rings is 1. The Morgan fingerprint density at radius 3 is 2.45 bits per heavy atom. The Morgan fingerprint density at radius 1 is 0.955 bits per heavy atom. The number of ether oxygens (including phenoxy) is 2. The Morgan fingerprint density at radius 2 is 1.72 bits per heavy atom. The summed E-state index contributed by atoms with van der Waals surface area (Å²) in [5, 5.41) is 16.6. The third-order valence-corrected chi connectivity index (χ3v) is 15.8. The van der Waals surface area contributed by atoms with Gasteiger partial charge in [-0.3, -0.25) is 19.8 Å². The van der Waals surface area contributed by atoms with Crippen LogP contribution in [0, 0.1) is 15.5 Å². The molecule has 1 saturated carbocycles. The Hall–Kier alpha value is -5.75. The summed E-state index contributed by atoms with van der Waals surface area (Å²) in [5.74, 6) is -0.518. The van der Waals surface area contributed by atoms with Crippen molar-refractivity contribution in [2.24, 2.45) is 5.41 Å². The molecule has 5 aromatic rings. The summed E-state index contributed by atoms with van der Waals surface area (Å²) in [6.07, 6.45) is 6.76. The van der Waals surface area contributed by atoms with Crippen LogP contribution in [-0.4, -0.2) is 104 Å². The minimum atomic E-state index is -4.66. The van der Waals surface area contributed by atoms with E-state index in [9.17, 15) is 23.3 Å². The normalized spacial score (nSPS) is 20.1. The van der Waals surface area contributed by atoms with E-state index in [0.29, 0.717) is 29.5 Å². The smallest absolute Gasteiger partial charge is 0.293 e. The summed E-state index contributed by atoms with van der Waals surface area (Å²) in [5.41, 5.74) is 4.35. The number of amides is 1. The average molecular weight is 954 g/mol. The highest BCUT2D eigenvalue weighted by molar-refractivity contribution is 7.90. The maximum Gasteiger partial charge on any atom is 0.293 e. The molecule has 0 unspecified atom stereocenters. The number of carbonyl (C=O) groups excluding carboxylic acids is 1. The van der Waals surface area contributed by atoms with E-state index in [1.54, 1.807) is 12.3 Å². The summed E-state index contributed by atoms with van der Waals surface area (Å²) in [7, 11) is -4.66. The predicted molar refractivity (Wildman–Crippen MR) is 257 cm³/mol. The average Bonchev–Trinajstić information content (AvgIpc) is 3.93. The van der Waals surface area contributed by atoms with Crippen LogP contribution in [0.4, 0.5) is 32.8 Å². The quantitative estimate of drug-likeness (QED) is 0.0801. The number of rotatable bonds is 12. The molecule has 0 atom stereocenters. The number of halogens is 2. The number of sulfonamides is 1. The van der Waals surface area contributed by atoms with Gasteiger partial charge in [0.25, 0.3) is 21.6 Å². The second kappa shape index (κ2) is 17.4.